The highest BCUT2D eigenvalue weighted by Gasteiger charge is 2.38. The van der Waals surface area contributed by atoms with Crippen LogP contribution in [0.15, 0.2) is 41.7 Å². The topological polar surface area (TPSA) is 72.2 Å². The number of halogens is 5. The number of rotatable bonds is 3. The van der Waals surface area contributed by atoms with Gasteiger partial charge in [0.15, 0.2) is 5.82 Å². The lowest BCUT2D eigenvalue weighted by atomic mass is 9.93. The van der Waals surface area contributed by atoms with Gasteiger partial charge in [0, 0.05) is 24.0 Å². The summed E-state index contributed by atoms with van der Waals surface area (Å²) in [5.41, 5.74) is -1.28. The van der Waals surface area contributed by atoms with E-state index in [1.165, 1.54) is 29.1 Å². The molecule has 1 saturated carbocycles. The molecule has 176 valence electrons. The average molecular weight is 492 g/mol. The predicted octanol–water partition coefficient (Wildman–Crippen LogP) is 5.27. The van der Waals surface area contributed by atoms with Gasteiger partial charge in [0.05, 0.1) is 22.0 Å². The molecule has 1 N–H and O–H groups in total. The van der Waals surface area contributed by atoms with Crippen LogP contribution in [0.3, 0.4) is 0 Å². The van der Waals surface area contributed by atoms with E-state index in [0.717, 1.165) is 31.4 Å². The van der Waals surface area contributed by atoms with Gasteiger partial charge in [-0.1, -0.05) is 11.6 Å². The molecule has 5 rings (SSSR count). The molecule has 2 aromatic heterocycles. The van der Waals surface area contributed by atoms with Gasteiger partial charge in [0.1, 0.15) is 23.3 Å². The van der Waals surface area contributed by atoms with Crippen molar-refractivity contribution in [3.63, 3.8) is 0 Å². The molecule has 1 atom stereocenters. The number of alkyl halides is 3. The number of carbonyl (C=O) groups excluding carboxylic acids is 1. The molecule has 1 aliphatic carbocycles. The normalized spacial score (nSPS) is 17.8. The van der Waals surface area contributed by atoms with Crippen molar-refractivity contribution in [1.29, 1.82) is 0 Å². The monoisotopic (exact) mass is 491 g/mol. The molecular formula is C23H18ClF4N5O. The number of carbonyl (C=O) groups is 1. The Balaban J connectivity index is 1.72. The van der Waals surface area contributed by atoms with Crippen LogP contribution in [0.1, 0.15) is 65.4 Å². The largest absolute Gasteiger partial charge is 0.417 e. The first-order valence-corrected chi connectivity index (χ1v) is 11.0. The Labute approximate surface area is 196 Å². The summed E-state index contributed by atoms with van der Waals surface area (Å²) in [7, 11) is 0. The number of amides is 1. The Hall–Kier alpha value is -3.27. The molecular weight excluding hydrogens is 474 g/mol. The predicted molar refractivity (Wildman–Crippen MR) is 117 cm³/mol. The molecule has 1 aromatic carbocycles. The van der Waals surface area contributed by atoms with Crippen molar-refractivity contribution in [3.05, 3.63) is 75.8 Å². The Bertz CT molecular complexity index is 1330. The number of pyridine rings is 1. The van der Waals surface area contributed by atoms with Crippen LogP contribution in [-0.2, 0) is 6.18 Å². The van der Waals surface area contributed by atoms with Crippen LogP contribution in [0.5, 0.6) is 0 Å². The smallest absolute Gasteiger partial charge is 0.348 e. The fourth-order valence-electron chi connectivity index (χ4n) is 4.07. The second-order valence-corrected chi connectivity index (χ2v) is 8.64. The lowest BCUT2D eigenvalue weighted by molar-refractivity contribution is -0.137. The van der Waals surface area contributed by atoms with E-state index in [-0.39, 0.29) is 40.3 Å². The Morgan fingerprint density at radius 3 is 2.65 bits per heavy atom. The third kappa shape index (κ3) is 3.75. The SMILES string of the molecule is C[C@@H]1N=C(c2ncccc2F)c2c(ccc(C(F)(F)F)c2Cl)-n2cc(C(=O)NC3CCC3)nc21. The molecule has 11 heteroatoms. The van der Waals surface area contributed by atoms with Gasteiger partial charge in [-0.2, -0.15) is 13.2 Å². The molecule has 2 aliphatic rings. The van der Waals surface area contributed by atoms with Gasteiger partial charge in [-0.25, -0.2) is 9.37 Å². The number of benzene rings is 1. The first-order valence-electron chi connectivity index (χ1n) is 10.6. The molecule has 0 spiro atoms. The van der Waals surface area contributed by atoms with E-state index < -0.39 is 28.6 Å². The summed E-state index contributed by atoms with van der Waals surface area (Å²) in [4.78, 5) is 25.6. The summed E-state index contributed by atoms with van der Waals surface area (Å²) < 4.78 is 57.2. The Morgan fingerprint density at radius 2 is 2.00 bits per heavy atom. The van der Waals surface area contributed by atoms with E-state index in [4.69, 9.17) is 11.6 Å². The second-order valence-electron chi connectivity index (χ2n) is 8.26. The fraction of sp³-hybridized carbons (Fsp3) is 0.304. The number of fused-ring (bicyclic) bond motifs is 3. The molecule has 0 unspecified atom stereocenters. The first kappa shape index (κ1) is 22.5. The highest BCUT2D eigenvalue weighted by Crippen LogP contribution is 2.41. The zero-order valence-electron chi connectivity index (χ0n) is 17.8. The molecule has 0 radical (unpaired) electrons. The van der Waals surface area contributed by atoms with Crippen molar-refractivity contribution < 1.29 is 22.4 Å². The third-order valence-corrected chi connectivity index (χ3v) is 6.40. The van der Waals surface area contributed by atoms with Crippen molar-refractivity contribution in [2.45, 2.75) is 44.4 Å². The maximum Gasteiger partial charge on any atom is 0.417 e. The van der Waals surface area contributed by atoms with Crippen LogP contribution >= 0.6 is 11.6 Å². The van der Waals surface area contributed by atoms with Gasteiger partial charge in [0.2, 0.25) is 0 Å². The maximum atomic E-state index is 14.7. The van der Waals surface area contributed by atoms with Crippen LogP contribution < -0.4 is 5.32 Å². The number of nitrogens with one attached hydrogen (secondary N) is 1. The van der Waals surface area contributed by atoms with Gasteiger partial charge in [0.25, 0.3) is 5.91 Å². The number of aliphatic imine (C=N–C) groups is 1. The standard InChI is InChI=1S/C23H18ClF4N5O/c1-11-21-32-15(22(34)31-12-4-2-5-12)10-33(21)16-8-7-13(23(26,27)28)18(24)17(16)20(30-11)19-14(25)6-3-9-29-19/h3,6-12H,2,4-5H2,1H3,(H,31,34)/t11-/m0/s1. The highest BCUT2D eigenvalue weighted by atomic mass is 35.5. The van der Waals surface area contributed by atoms with Crippen molar-refractivity contribution in [2.75, 3.05) is 0 Å². The van der Waals surface area contributed by atoms with Crippen molar-refractivity contribution in [1.82, 2.24) is 19.9 Å². The van der Waals surface area contributed by atoms with Crippen molar-refractivity contribution in [2.24, 2.45) is 4.99 Å². The van der Waals surface area contributed by atoms with E-state index in [1.807, 2.05) is 0 Å². The molecule has 34 heavy (non-hydrogen) atoms. The summed E-state index contributed by atoms with van der Waals surface area (Å²) in [6.45, 7) is 1.65. The summed E-state index contributed by atoms with van der Waals surface area (Å²) in [5.74, 6) is -0.827. The number of hydrogen-bond donors (Lipinski definition) is 1. The van der Waals surface area contributed by atoms with E-state index in [0.29, 0.717) is 5.82 Å². The Kier molecular flexibility index (Phi) is 5.43. The number of nitrogens with zero attached hydrogens (tertiary/aromatic N) is 4. The van der Waals surface area contributed by atoms with Crippen LogP contribution in [0.25, 0.3) is 5.69 Å². The molecule has 1 amide bonds. The lowest BCUT2D eigenvalue weighted by Crippen LogP contribution is -2.39. The molecule has 3 heterocycles. The minimum atomic E-state index is -4.75. The molecule has 1 aliphatic heterocycles. The number of aromatic nitrogens is 3. The zero-order valence-corrected chi connectivity index (χ0v) is 18.6. The zero-order chi connectivity index (χ0) is 24.2. The highest BCUT2D eigenvalue weighted by molar-refractivity contribution is 6.37. The van der Waals surface area contributed by atoms with Crippen LogP contribution in [0, 0.1) is 5.82 Å². The minimum absolute atomic E-state index is 0.0826. The summed E-state index contributed by atoms with van der Waals surface area (Å²) in [5, 5.41) is 2.26. The van der Waals surface area contributed by atoms with Crippen molar-refractivity contribution in [3.8, 4) is 5.69 Å². The van der Waals surface area contributed by atoms with Gasteiger partial charge >= 0.3 is 6.18 Å². The molecule has 6 nitrogen and oxygen atoms in total. The van der Waals surface area contributed by atoms with E-state index in [2.05, 4.69) is 20.3 Å². The van der Waals surface area contributed by atoms with Crippen LogP contribution in [0.4, 0.5) is 17.6 Å². The third-order valence-electron chi connectivity index (χ3n) is 6.01. The molecule has 1 fully saturated rings. The molecule has 0 bridgehead atoms. The maximum absolute atomic E-state index is 14.7. The quantitative estimate of drug-likeness (QED) is 0.507. The molecule has 3 aromatic rings. The number of imidazole rings is 1. The lowest BCUT2D eigenvalue weighted by Gasteiger charge is -2.25. The van der Waals surface area contributed by atoms with E-state index in [1.54, 1.807) is 6.92 Å². The van der Waals surface area contributed by atoms with Gasteiger partial charge in [-0.05, 0) is 50.5 Å². The van der Waals surface area contributed by atoms with E-state index in [9.17, 15) is 22.4 Å². The summed E-state index contributed by atoms with van der Waals surface area (Å²) in [6.07, 6.45) is 0.823. The van der Waals surface area contributed by atoms with E-state index >= 15 is 0 Å². The Morgan fingerprint density at radius 1 is 1.24 bits per heavy atom. The van der Waals surface area contributed by atoms with Gasteiger partial charge in [-0.3, -0.25) is 14.8 Å². The van der Waals surface area contributed by atoms with Gasteiger partial charge < -0.3 is 9.88 Å². The van der Waals surface area contributed by atoms with Gasteiger partial charge in [-0.15, -0.1) is 0 Å². The van der Waals surface area contributed by atoms with Crippen molar-refractivity contribution >= 4 is 23.2 Å². The minimum Gasteiger partial charge on any atom is -0.348 e. The summed E-state index contributed by atoms with van der Waals surface area (Å²) in [6, 6.07) is 3.92. The van der Waals surface area contributed by atoms with Crippen LogP contribution in [-0.4, -0.2) is 32.2 Å². The number of hydrogen-bond acceptors (Lipinski definition) is 4. The molecule has 0 saturated heterocycles. The average Bonchev–Trinajstić information content (AvgIpc) is 3.15. The first-order chi connectivity index (χ1) is 16.1. The summed E-state index contributed by atoms with van der Waals surface area (Å²) >= 11 is 6.30. The second kappa shape index (κ2) is 8.19. The fourth-order valence-corrected chi connectivity index (χ4v) is 4.43. The van der Waals surface area contributed by atoms with Crippen LogP contribution in [0.2, 0.25) is 5.02 Å².